The molecule has 0 aromatic carbocycles. The molecule has 0 aromatic heterocycles. The van der Waals surface area contributed by atoms with Crippen LogP contribution in [-0.4, -0.2) is 24.8 Å². The Balaban J connectivity index is 1.88. The molecule has 2 saturated carbocycles. The smallest absolute Gasteiger partial charge is 0.308 e. The number of hydrogen-bond acceptors (Lipinski definition) is 3. The minimum atomic E-state index is -0.196. The van der Waals surface area contributed by atoms with Crippen molar-refractivity contribution in [2.45, 2.75) is 70.5 Å². The molecular weight excluding hydrogens is 228 g/mol. The lowest BCUT2D eigenvalue weighted by atomic mass is 9.75. The van der Waals surface area contributed by atoms with Crippen molar-refractivity contribution in [2.24, 2.45) is 11.8 Å². The quantitative estimate of drug-likeness (QED) is 0.722. The first-order valence-corrected chi connectivity index (χ1v) is 7.29. The second kappa shape index (κ2) is 5.60. The molecule has 3 nitrogen and oxygen atoms in total. The summed E-state index contributed by atoms with van der Waals surface area (Å²) in [6.07, 6.45) is 7.53. The Bertz CT molecular complexity index is 296. The predicted octanol–water partition coefficient (Wildman–Crippen LogP) is 3.31. The average molecular weight is 254 g/mol. The number of ether oxygens (including phenoxy) is 2. The lowest BCUT2D eigenvalue weighted by Gasteiger charge is -2.45. The van der Waals surface area contributed by atoms with Crippen LogP contribution >= 0.6 is 0 Å². The van der Waals surface area contributed by atoms with E-state index in [2.05, 4.69) is 13.8 Å². The highest BCUT2D eigenvalue weighted by Gasteiger charge is 2.43. The van der Waals surface area contributed by atoms with Crippen LogP contribution in [0.2, 0.25) is 0 Å². The zero-order valence-corrected chi connectivity index (χ0v) is 11.9. The van der Waals surface area contributed by atoms with E-state index in [-0.39, 0.29) is 11.6 Å². The summed E-state index contributed by atoms with van der Waals surface area (Å²) < 4.78 is 11.1. The number of carbonyl (C=O) groups is 1. The first-order valence-electron chi connectivity index (χ1n) is 7.29. The van der Waals surface area contributed by atoms with Gasteiger partial charge in [-0.3, -0.25) is 4.79 Å². The molecule has 0 aliphatic heterocycles. The summed E-state index contributed by atoms with van der Waals surface area (Å²) in [7, 11) is 1.46. The van der Waals surface area contributed by atoms with Gasteiger partial charge in [0.2, 0.25) is 0 Å². The maximum Gasteiger partial charge on any atom is 0.308 e. The highest BCUT2D eigenvalue weighted by molar-refractivity contribution is 5.70. The van der Waals surface area contributed by atoms with Crippen molar-refractivity contribution < 1.29 is 14.3 Å². The molecule has 0 heterocycles. The fourth-order valence-corrected chi connectivity index (χ4v) is 3.20. The van der Waals surface area contributed by atoms with E-state index >= 15 is 0 Å². The first-order chi connectivity index (χ1) is 8.54. The average Bonchev–Trinajstić information content (AvgIpc) is 2.30. The monoisotopic (exact) mass is 254 g/mol. The number of hydrogen-bond donors (Lipinski definition) is 0. The molecule has 0 amide bonds. The lowest BCUT2D eigenvalue weighted by Crippen LogP contribution is -2.46. The van der Waals surface area contributed by atoms with E-state index in [0.29, 0.717) is 12.5 Å². The largest absolute Gasteiger partial charge is 0.469 e. The van der Waals surface area contributed by atoms with Crippen molar-refractivity contribution in [3.63, 3.8) is 0 Å². The van der Waals surface area contributed by atoms with Crippen molar-refractivity contribution in [3.05, 3.63) is 0 Å². The Morgan fingerprint density at radius 1 is 1.22 bits per heavy atom. The Morgan fingerprint density at radius 3 is 2.44 bits per heavy atom. The summed E-state index contributed by atoms with van der Waals surface area (Å²) in [6.45, 7) is 4.64. The second-order valence-electron chi connectivity index (χ2n) is 6.30. The first kappa shape index (κ1) is 13.9. The van der Waals surface area contributed by atoms with Gasteiger partial charge in [-0.15, -0.1) is 0 Å². The zero-order chi connectivity index (χ0) is 13.2. The van der Waals surface area contributed by atoms with Gasteiger partial charge in [0, 0.05) is 0 Å². The molecule has 0 N–H and O–H groups in total. The molecule has 2 fully saturated rings. The van der Waals surface area contributed by atoms with Gasteiger partial charge < -0.3 is 9.47 Å². The minimum absolute atomic E-state index is 0.132. The second-order valence-corrected chi connectivity index (χ2v) is 6.30. The van der Waals surface area contributed by atoms with Crippen molar-refractivity contribution in [3.8, 4) is 0 Å². The highest BCUT2D eigenvalue weighted by atomic mass is 16.5. The maximum atomic E-state index is 11.5. The van der Waals surface area contributed by atoms with E-state index in [1.807, 2.05) is 0 Å². The molecule has 3 heteroatoms. The van der Waals surface area contributed by atoms with E-state index in [4.69, 9.17) is 9.47 Å². The molecule has 0 bridgehead atoms. The van der Waals surface area contributed by atoms with Gasteiger partial charge in [-0.05, 0) is 50.4 Å². The normalized spacial score (nSPS) is 34.7. The molecule has 2 aliphatic rings. The molecule has 2 aliphatic carbocycles. The van der Waals surface area contributed by atoms with Gasteiger partial charge in [0.25, 0.3) is 0 Å². The van der Waals surface area contributed by atoms with Gasteiger partial charge in [0.05, 0.1) is 25.2 Å². The molecule has 18 heavy (non-hydrogen) atoms. The fourth-order valence-electron chi connectivity index (χ4n) is 3.20. The van der Waals surface area contributed by atoms with Crippen molar-refractivity contribution in [1.29, 1.82) is 0 Å². The Labute approximate surface area is 110 Å². The van der Waals surface area contributed by atoms with Crippen molar-refractivity contribution in [2.75, 3.05) is 7.11 Å². The van der Waals surface area contributed by atoms with Gasteiger partial charge in [-0.25, -0.2) is 0 Å². The standard InChI is InChI=1S/C15H26O3/c1-11-5-6-13(9-12(11)2)18-15(7-4-8-15)10-14(16)17-3/h11-13H,4-10H2,1-3H3. The molecule has 2 rings (SSSR count). The topological polar surface area (TPSA) is 35.5 Å². The molecule has 0 spiro atoms. The van der Waals surface area contributed by atoms with E-state index < -0.39 is 0 Å². The van der Waals surface area contributed by atoms with Gasteiger partial charge in [0.1, 0.15) is 0 Å². The van der Waals surface area contributed by atoms with Gasteiger partial charge in [0.15, 0.2) is 0 Å². The van der Waals surface area contributed by atoms with Gasteiger partial charge in [-0.2, -0.15) is 0 Å². The molecule has 0 saturated heterocycles. The van der Waals surface area contributed by atoms with Crippen LogP contribution in [0.3, 0.4) is 0 Å². The summed E-state index contributed by atoms with van der Waals surface area (Å²) in [5.41, 5.74) is -0.196. The summed E-state index contributed by atoms with van der Waals surface area (Å²) in [4.78, 5) is 11.5. The third kappa shape index (κ3) is 3.05. The van der Waals surface area contributed by atoms with Crippen LogP contribution in [0.15, 0.2) is 0 Å². The van der Waals surface area contributed by atoms with Crippen LogP contribution in [0, 0.1) is 11.8 Å². The summed E-state index contributed by atoms with van der Waals surface area (Å²) in [5.74, 6) is 1.41. The molecule has 0 radical (unpaired) electrons. The summed E-state index contributed by atoms with van der Waals surface area (Å²) in [6, 6.07) is 0. The van der Waals surface area contributed by atoms with Gasteiger partial charge >= 0.3 is 5.97 Å². The van der Waals surface area contributed by atoms with E-state index in [1.54, 1.807) is 0 Å². The number of rotatable bonds is 4. The van der Waals surface area contributed by atoms with Crippen LogP contribution < -0.4 is 0 Å². The Hall–Kier alpha value is -0.570. The SMILES string of the molecule is COC(=O)CC1(OC2CCC(C)C(C)C2)CCC1. The third-order valence-corrected chi connectivity index (χ3v) is 4.93. The summed E-state index contributed by atoms with van der Waals surface area (Å²) >= 11 is 0. The Kier molecular flexibility index (Phi) is 4.31. The van der Waals surface area contributed by atoms with Crippen LogP contribution in [0.25, 0.3) is 0 Å². The molecule has 104 valence electrons. The lowest BCUT2D eigenvalue weighted by molar-refractivity contribution is -0.176. The highest BCUT2D eigenvalue weighted by Crippen LogP contribution is 2.43. The Morgan fingerprint density at radius 2 is 1.94 bits per heavy atom. The predicted molar refractivity (Wildman–Crippen MR) is 70.3 cm³/mol. The van der Waals surface area contributed by atoms with Crippen LogP contribution in [0.5, 0.6) is 0 Å². The van der Waals surface area contributed by atoms with E-state index in [0.717, 1.165) is 37.5 Å². The van der Waals surface area contributed by atoms with Crippen LogP contribution in [0.1, 0.15) is 58.8 Å². The number of carbonyl (C=O) groups excluding carboxylic acids is 1. The number of esters is 1. The minimum Gasteiger partial charge on any atom is -0.469 e. The van der Waals surface area contributed by atoms with E-state index in [1.165, 1.54) is 20.0 Å². The summed E-state index contributed by atoms with van der Waals surface area (Å²) in [5, 5.41) is 0. The van der Waals surface area contributed by atoms with E-state index in [9.17, 15) is 4.79 Å². The zero-order valence-electron chi connectivity index (χ0n) is 11.9. The molecular formula is C15H26O3. The molecule has 3 unspecified atom stereocenters. The maximum absolute atomic E-state index is 11.5. The fraction of sp³-hybridized carbons (Fsp3) is 0.933. The third-order valence-electron chi connectivity index (χ3n) is 4.93. The number of methoxy groups -OCH3 is 1. The van der Waals surface area contributed by atoms with Crippen LogP contribution in [0.4, 0.5) is 0 Å². The van der Waals surface area contributed by atoms with Crippen molar-refractivity contribution >= 4 is 5.97 Å². The molecule has 3 atom stereocenters. The van der Waals surface area contributed by atoms with Gasteiger partial charge in [-0.1, -0.05) is 13.8 Å². The molecule has 0 aromatic rings. The van der Waals surface area contributed by atoms with Crippen LogP contribution in [-0.2, 0) is 14.3 Å². The van der Waals surface area contributed by atoms with Crippen molar-refractivity contribution in [1.82, 2.24) is 0 Å².